The molecule has 0 atom stereocenters. The molecule has 12 nitrogen and oxygen atoms in total. The predicted octanol–water partition coefficient (Wildman–Crippen LogP) is 10.3. The van der Waals surface area contributed by atoms with Gasteiger partial charge in [0.15, 0.2) is 0 Å². The van der Waals surface area contributed by atoms with Crippen molar-refractivity contribution in [1.29, 1.82) is 0 Å². The Labute approximate surface area is 394 Å². The number of aromatic nitrogens is 4. The van der Waals surface area contributed by atoms with Gasteiger partial charge in [-0.2, -0.15) is 0 Å². The largest absolute Gasteiger partial charge is 0.465 e. The van der Waals surface area contributed by atoms with E-state index in [2.05, 4.69) is 40.4 Å². The molecule has 2 amide bonds. The summed E-state index contributed by atoms with van der Waals surface area (Å²) in [6, 6.07) is 28.0. The Bertz CT molecular complexity index is 2890. The number of piperidine rings is 2. The van der Waals surface area contributed by atoms with Crippen LogP contribution >= 0.6 is 46.4 Å². The Morgan fingerprint density at radius 3 is 1.65 bits per heavy atom. The van der Waals surface area contributed by atoms with Gasteiger partial charge in [0, 0.05) is 49.0 Å². The molecule has 0 unspecified atom stereocenters. The number of esters is 1. The number of amides is 2. The van der Waals surface area contributed by atoms with Gasteiger partial charge in [-0.05, 0) is 104 Å². The zero-order valence-electron chi connectivity index (χ0n) is 34.9. The molecule has 2 aliphatic heterocycles. The molecule has 2 N–H and O–H groups in total. The molecule has 0 saturated carbocycles. The fraction of sp³-hybridized carbons (Fsp3) is 0.229. The second-order valence-electron chi connectivity index (χ2n) is 15.5. The molecular weight excluding hydrogens is 913 g/mol. The van der Waals surface area contributed by atoms with E-state index < -0.39 is 0 Å². The SMILES string of the molecule is COC(=O)c1ccc(-c2ccc3c(N4CCC(NC(=O)c5cccc(Cl)c5Cl)CC4)ncnc3c2)cc1.O=C(NC1CCN(c2ncnc3ccc(F)cc23)CC1)c1cccc(Cl)c1Cl. The highest BCUT2D eigenvalue weighted by atomic mass is 35.5. The number of ether oxygens (including phenoxy) is 1. The van der Waals surface area contributed by atoms with E-state index in [1.165, 1.54) is 25.6 Å². The number of hydrogen-bond donors (Lipinski definition) is 2. The number of halogens is 5. The van der Waals surface area contributed by atoms with Gasteiger partial charge < -0.3 is 25.2 Å². The number of carbonyl (C=O) groups excluding carboxylic acids is 3. The molecule has 332 valence electrons. The van der Waals surface area contributed by atoms with Gasteiger partial charge in [0.1, 0.15) is 30.1 Å². The number of methoxy groups -OCH3 is 1. The van der Waals surface area contributed by atoms with Crippen molar-refractivity contribution < 1.29 is 23.5 Å². The third-order valence-corrected chi connectivity index (χ3v) is 13.1. The van der Waals surface area contributed by atoms with Crippen LogP contribution < -0.4 is 20.4 Å². The number of rotatable bonds is 8. The van der Waals surface area contributed by atoms with Crippen LogP contribution in [-0.4, -0.2) is 83.1 Å². The summed E-state index contributed by atoms with van der Waals surface area (Å²) >= 11 is 24.4. The first-order valence-electron chi connectivity index (χ1n) is 20.8. The van der Waals surface area contributed by atoms with Crippen molar-refractivity contribution in [3.63, 3.8) is 0 Å². The summed E-state index contributed by atoms with van der Waals surface area (Å²) in [5, 5.41) is 9.00. The van der Waals surface area contributed by atoms with Crippen LogP contribution in [0, 0.1) is 5.82 Å². The third kappa shape index (κ3) is 10.4. The molecule has 9 rings (SSSR count). The minimum Gasteiger partial charge on any atom is -0.465 e. The standard InChI is InChI=1S/C28H24Cl2N4O3.C20H17Cl2FN4O/c1-37-28(36)18-7-5-17(6-8-18)19-9-10-21-24(15-19)31-16-32-26(21)34-13-11-20(12-14-34)33-27(35)22-3-2-4-23(29)25(22)30;21-16-3-1-2-14(18(16)22)20(28)26-13-6-8-27(9-7-13)19-15-10-12(23)4-5-17(15)24-11-25-19/h2-10,15-16,20H,11-14H2,1H3,(H,33,35);1-5,10-11,13H,6-9H2,(H,26,28). The summed E-state index contributed by atoms with van der Waals surface area (Å²) in [7, 11) is 1.37. The summed E-state index contributed by atoms with van der Waals surface area (Å²) in [4.78, 5) is 58.9. The second-order valence-corrected chi connectivity index (χ2v) is 17.1. The summed E-state index contributed by atoms with van der Waals surface area (Å²) in [6.45, 7) is 2.88. The maximum Gasteiger partial charge on any atom is 0.337 e. The van der Waals surface area contributed by atoms with Crippen LogP contribution in [0.1, 0.15) is 56.8 Å². The zero-order valence-corrected chi connectivity index (χ0v) is 37.9. The van der Waals surface area contributed by atoms with Crippen molar-refractivity contribution in [2.75, 3.05) is 43.1 Å². The van der Waals surface area contributed by atoms with E-state index in [0.29, 0.717) is 56.5 Å². The Hall–Kier alpha value is -6.12. The summed E-state index contributed by atoms with van der Waals surface area (Å²) < 4.78 is 18.4. The molecule has 65 heavy (non-hydrogen) atoms. The predicted molar refractivity (Wildman–Crippen MR) is 254 cm³/mol. The Morgan fingerprint density at radius 2 is 1.11 bits per heavy atom. The average molecular weight is 955 g/mol. The van der Waals surface area contributed by atoms with E-state index in [4.69, 9.17) is 51.1 Å². The normalized spacial score (nSPS) is 14.4. The lowest BCUT2D eigenvalue weighted by Crippen LogP contribution is -2.45. The first kappa shape index (κ1) is 45.4. The number of nitrogens with zero attached hydrogens (tertiary/aromatic N) is 6. The zero-order chi connectivity index (χ0) is 45.6. The molecule has 17 heteroatoms. The lowest BCUT2D eigenvalue weighted by atomic mass is 10.0. The van der Waals surface area contributed by atoms with Crippen molar-refractivity contribution in [3.8, 4) is 11.1 Å². The highest BCUT2D eigenvalue weighted by Gasteiger charge is 2.26. The average Bonchev–Trinajstić information content (AvgIpc) is 3.33. The smallest absolute Gasteiger partial charge is 0.337 e. The number of benzene rings is 5. The highest BCUT2D eigenvalue weighted by molar-refractivity contribution is 6.44. The Kier molecular flexibility index (Phi) is 14.2. The van der Waals surface area contributed by atoms with Crippen LogP contribution in [0.25, 0.3) is 32.9 Å². The minimum atomic E-state index is -0.362. The van der Waals surface area contributed by atoms with Crippen molar-refractivity contribution in [1.82, 2.24) is 30.6 Å². The van der Waals surface area contributed by atoms with E-state index >= 15 is 0 Å². The fourth-order valence-electron chi connectivity index (χ4n) is 8.01. The van der Waals surface area contributed by atoms with E-state index in [0.717, 1.165) is 66.6 Å². The molecule has 5 aromatic carbocycles. The summed E-state index contributed by atoms with van der Waals surface area (Å²) in [5.41, 5.74) is 4.78. The van der Waals surface area contributed by atoms with Crippen LogP contribution in [0.5, 0.6) is 0 Å². The van der Waals surface area contributed by atoms with E-state index in [1.54, 1.807) is 60.9 Å². The molecule has 2 saturated heterocycles. The fourth-order valence-corrected chi connectivity index (χ4v) is 8.79. The lowest BCUT2D eigenvalue weighted by Gasteiger charge is -2.33. The van der Waals surface area contributed by atoms with E-state index in [9.17, 15) is 18.8 Å². The number of carbonyl (C=O) groups is 3. The van der Waals surface area contributed by atoms with Gasteiger partial charge in [0.05, 0.1) is 54.9 Å². The number of hydrogen-bond acceptors (Lipinski definition) is 10. The number of nitrogens with one attached hydrogen (secondary N) is 2. The van der Waals surface area contributed by atoms with Gasteiger partial charge in [0.2, 0.25) is 0 Å². The third-order valence-electron chi connectivity index (χ3n) is 11.5. The molecule has 2 aliphatic rings. The first-order chi connectivity index (χ1) is 31.5. The maximum atomic E-state index is 13.7. The van der Waals surface area contributed by atoms with Crippen molar-refractivity contribution >= 4 is 97.6 Å². The highest BCUT2D eigenvalue weighted by Crippen LogP contribution is 2.32. The van der Waals surface area contributed by atoms with Crippen molar-refractivity contribution in [3.05, 3.63) is 152 Å². The van der Waals surface area contributed by atoms with E-state index in [-0.39, 0.29) is 45.7 Å². The first-order valence-corrected chi connectivity index (χ1v) is 22.3. The lowest BCUT2D eigenvalue weighted by molar-refractivity contribution is 0.0600. The minimum absolute atomic E-state index is 0.0173. The molecule has 2 aromatic heterocycles. The van der Waals surface area contributed by atoms with Gasteiger partial charge in [-0.1, -0.05) is 76.7 Å². The number of anilines is 2. The molecule has 4 heterocycles. The molecule has 0 bridgehead atoms. The molecule has 0 aliphatic carbocycles. The van der Waals surface area contributed by atoms with Gasteiger partial charge in [-0.15, -0.1) is 0 Å². The van der Waals surface area contributed by atoms with Gasteiger partial charge in [0.25, 0.3) is 11.8 Å². The van der Waals surface area contributed by atoms with Gasteiger partial charge >= 0.3 is 5.97 Å². The van der Waals surface area contributed by atoms with Crippen LogP contribution in [0.3, 0.4) is 0 Å². The Balaban J connectivity index is 0.000000184. The molecule has 2 fully saturated rings. The molecule has 0 spiro atoms. The van der Waals surface area contributed by atoms with Crippen molar-refractivity contribution in [2.24, 2.45) is 0 Å². The van der Waals surface area contributed by atoms with Gasteiger partial charge in [-0.25, -0.2) is 29.1 Å². The molecule has 7 aromatic rings. The van der Waals surface area contributed by atoms with Crippen LogP contribution in [0.4, 0.5) is 16.0 Å². The molecular formula is C48H41Cl4FN8O4. The monoisotopic (exact) mass is 952 g/mol. The summed E-state index contributed by atoms with van der Waals surface area (Å²) in [6.07, 6.45) is 6.11. The van der Waals surface area contributed by atoms with Crippen molar-refractivity contribution in [2.45, 2.75) is 37.8 Å². The quantitative estimate of drug-likeness (QED) is 0.141. The van der Waals surface area contributed by atoms with Gasteiger partial charge in [-0.3, -0.25) is 9.59 Å². The maximum absolute atomic E-state index is 13.7. The Morgan fingerprint density at radius 1 is 0.600 bits per heavy atom. The van der Waals surface area contributed by atoms with Crippen LogP contribution in [-0.2, 0) is 4.74 Å². The summed E-state index contributed by atoms with van der Waals surface area (Å²) in [5.74, 6) is 0.460. The second kappa shape index (κ2) is 20.4. The topological polar surface area (TPSA) is 143 Å². The van der Waals surface area contributed by atoms with Crippen LogP contribution in [0.15, 0.2) is 110 Å². The molecule has 0 radical (unpaired) electrons. The number of fused-ring (bicyclic) bond motifs is 2. The van der Waals surface area contributed by atoms with E-state index in [1.807, 2.05) is 30.3 Å². The van der Waals surface area contributed by atoms with Crippen LogP contribution in [0.2, 0.25) is 20.1 Å².